The van der Waals surface area contributed by atoms with Gasteiger partial charge in [-0.1, -0.05) is 40.7 Å². The Balaban J connectivity index is 1.47. The number of aryl methyl sites for hydroxylation is 2. The van der Waals surface area contributed by atoms with E-state index in [-0.39, 0.29) is 18.1 Å². The van der Waals surface area contributed by atoms with Crippen molar-refractivity contribution >= 4 is 40.2 Å². The highest BCUT2D eigenvalue weighted by atomic mass is 35.5. The van der Waals surface area contributed by atoms with E-state index in [1.165, 1.54) is 12.1 Å². The second kappa shape index (κ2) is 10.7. The Labute approximate surface area is 245 Å². The Bertz CT molecular complexity index is 1870. The summed E-state index contributed by atoms with van der Waals surface area (Å²) in [5.74, 6) is 6.95. The number of carbonyl (C=O) groups excluding carboxylic acids is 1. The van der Waals surface area contributed by atoms with Crippen LogP contribution in [0.25, 0.3) is 10.4 Å². The second-order valence-electron chi connectivity index (χ2n) is 9.72. The number of aliphatic imine (C=N–C) groups is 1. The third kappa shape index (κ3) is 5.27. The van der Waals surface area contributed by atoms with E-state index in [2.05, 4.69) is 27.4 Å². The van der Waals surface area contributed by atoms with Gasteiger partial charge in [0.1, 0.15) is 11.8 Å². The highest BCUT2D eigenvalue weighted by Crippen LogP contribution is 2.46. The fourth-order valence-electron chi connectivity index (χ4n) is 4.78. The van der Waals surface area contributed by atoms with E-state index >= 15 is 0 Å². The van der Waals surface area contributed by atoms with Crippen LogP contribution < -0.4 is 5.32 Å². The van der Waals surface area contributed by atoms with Crippen LogP contribution in [-0.4, -0.2) is 31.7 Å². The van der Waals surface area contributed by atoms with Gasteiger partial charge in [0, 0.05) is 35.1 Å². The maximum Gasteiger partial charge on any atom is 0.227 e. The Hall–Kier alpha value is -4.65. The highest BCUT2D eigenvalue weighted by Gasteiger charge is 2.34. The molecule has 0 fully saturated rings. The van der Waals surface area contributed by atoms with Crippen LogP contribution in [-0.2, 0) is 11.8 Å². The first-order chi connectivity index (χ1) is 19.8. The van der Waals surface area contributed by atoms with E-state index in [4.69, 9.17) is 21.1 Å². The van der Waals surface area contributed by atoms with Crippen molar-refractivity contribution in [3.05, 3.63) is 105 Å². The SMILES string of the molecule is Cc1noc2c1-c1sc(C#Cc3cnn(C)c3)c(C)c1C(c1ccc(Cl)cc1)=N[C@H]2CC(=O)Nc1ccc(O)cc1. The Morgan fingerprint density at radius 1 is 1.12 bits per heavy atom. The molecule has 2 N–H and O–H groups in total. The van der Waals surface area contributed by atoms with Crippen molar-refractivity contribution in [2.45, 2.75) is 26.3 Å². The largest absolute Gasteiger partial charge is 0.508 e. The third-order valence-corrected chi connectivity index (χ3v) is 8.24. The van der Waals surface area contributed by atoms with Crippen LogP contribution in [0.3, 0.4) is 0 Å². The highest BCUT2D eigenvalue weighted by molar-refractivity contribution is 7.16. The first-order valence-corrected chi connectivity index (χ1v) is 14.0. The quantitative estimate of drug-likeness (QED) is 0.188. The zero-order valence-electron chi connectivity index (χ0n) is 22.4. The number of anilines is 1. The van der Waals surface area contributed by atoms with Crippen molar-refractivity contribution in [1.29, 1.82) is 0 Å². The minimum atomic E-state index is -0.627. The Morgan fingerprint density at radius 3 is 2.59 bits per heavy atom. The monoisotopic (exact) mass is 581 g/mol. The summed E-state index contributed by atoms with van der Waals surface area (Å²) in [5.41, 5.74) is 6.45. The number of fused-ring (bicyclic) bond motifs is 3. The zero-order valence-corrected chi connectivity index (χ0v) is 24.0. The van der Waals surface area contributed by atoms with Gasteiger partial charge in [-0.05, 0) is 55.8 Å². The van der Waals surface area contributed by atoms with Crippen molar-refractivity contribution in [2.75, 3.05) is 5.32 Å². The normalized spacial score (nSPS) is 13.9. The van der Waals surface area contributed by atoms with Gasteiger partial charge in [0.05, 0.1) is 44.9 Å². The molecule has 1 amide bonds. The van der Waals surface area contributed by atoms with Crippen LogP contribution in [0.1, 0.15) is 51.0 Å². The number of amides is 1. The van der Waals surface area contributed by atoms with Crippen molar-refractivity contribution in [2.24, 2.45) is 12.0 Å². The van der Waals surface area contributed by atoms with Crippen molar-refractivity contribution in [3.63, 3.8) is 0 Å². The molecule has 1 aliphatic rings. The molecule has 0 bridgehead atoms. The minimum absolute atomic E-state index is 0.0290. The average molecular weight is 582 g/mol. The van der Waals surface area contributed by atoms with Gasteiger partial charge < -0.3 is 14.9 Å². The van der Waals surface area contributed by atoms with Gasteiger partial charge >= 0.3 is 0 Å². The fraction of sp³-hybridized carbons (Fsp3) is 0.161. The van der Waals surface area contributed by atoms with Crippen LogP contribution in [0.4, 0.5) is 5.69 Å². The van der Waals surface area contributed by atoms with Crippen molar-refractivity contribution in [3.8, 4) is 28.0 Å². The molecule has 0 saturated carbocycles. The first-order valence-electron chi connectivity index (χ1n) is 12.8. The number of hydrogen-bond acceptors (Lipinski definition) is 7. The zero-order chi connectivity index (χ0) is 28.7. The number of hydrogen-bond donors (Lipinski definition) is 2. The molecule has 8 nitrogen and oxygen atoms in total. The Morgan fingerprint density at radius 2 is 1.88 bits per heavy atom. The molecule has 4 heterocycles. The Kier molecular flexibility index (Phi) is 6.95. The molecule has 0 saturated heterocycles. The maximum atomic E-state index is 13.2. The number of benzene rings is 2. The van der Waals surface area contributed by atoms with E-state index in [1.54, 1.807) is 34.3 Å². The molecule has 0 radical (unpaired) electrons. The number of halogens is 1. The van der Waals surface area contributed by atoms with E-state index in [9.17, 15) is 9.90 Å². The summed E-state index contributed by atoms with van der Waals surface area (Å²) in [6.07, 6.45) is 3.64. The molecule has 0 spiro atoms. The number of nitrogens with zero attached hydrogens (tertiary/aromatic N) is 4. The van der Waals surface area contributed by atoms with Crippen LogP contribution in [0.2, 0.25) is 5.02 Å². The fourth-order valence-corrected chi connectivity index (χ4v) is 6.17. The van der Waals surface area contributed by atoms with Crippen LogP contribution in [0, 0.1) is 25.7 Å². The van der Waals surface area contributed by atoms with Gasteiger partial charge in [0.25, 0.3) is 0 Å². The van der Waals surface area contributed by atoms with Gasteiger partial charge in [0.15, 0.2) is 5.76 Å². The molecule has 41 heavy (non-hydrogen) atoms. The van der Waals surface area contributed by atoms with Crippen LogP contribution >= 0.6 is 22.9 Å². The maximum absolute atomic E-state index is 13.2. The lowest BCUT2D eigenvalue weighted by molar-refractivity contribution is -0.116. The molecule has 1 aliphatic heterocycles. The molecule has 5 aromatic rings. The summed E-state index contributed by atoms with van der Waals surface area (Å²) >= 11 is 7.78. The van der Waals surface area contributed by atoms with E-state index in [0.29, 0.717) is 22.2 Å². The molecular weight excluding hydrogens is 558 g/mol. The van der Waals surface area contributed by atoms with E-state index < -0.39 is 6.04 Å². The lowest BCUT2D eigenvalue weighted by Crippen LogP contribution is -2.16. The molecule has 3 aromatic heterocycles. The molecule has 6 rings (SSSR count). The standard InChI is InChI=1S/C31H24ClN5O3S/c1-17-25(13-4-19-15-33-37(3)16-19)41-31-27(17)29(20-5-7-21(32)8-6-20)35-24(30-28(31)18(2)36-40-30)14-26(39)34-22-9-11-23(38)12-10-22/h5-12,15-16,24,38H,14H2,1-3H3,(H,34,39)/t24-/m0/s1. The summed E-state index contributed by atoms with van der Waals surface area (Å²) in [7, 11) is 1.86. The molecule has 1 atom stereocenters. The number of aromatic hydroxyl groups is 1. The summed E-state index contributed by atoms with van der Waals surface area (Å²) < 4.78 is 7.57. The first kappa shape index (κ1) is 26.6. The van der Waals surface area contributed by atoms with E-state index in [0.717, 1.165) is 43.3 Å². The van der Waals surface area contributed by atoms with Gasteiger partial charge in [0.2, 0.25) is 5.91 Å². The number of nitrogens with one attached hydrogen (secondary N) is 1. The topological polar surface area (TPSA) is 106 Å². The number of rotatable bonds is 4. The van der Waals surface area contributed by atoms with Crippen molar-refractivity contribution in [1.82, 2.24) is 14.9 Å². The summed E-state index contributed by atoms with van der Waals surface area (Å²) in [6, 6.07) is 13.2. The molecule has 204 valence electrons. The predicted octanol–water partition coefficient (Wildman–Crippen LogP) is 6.43. The number of phenols is 1. The van der Waals surface area contributed by atoms with Gasteiger partial charge in [-0.3, -0.25) is 14.5 Å². The summed E-state index contributed by atoms with van der Waals surface area (Å²) in [4.78, 5) is 20.2. The van der Waals surface area contributed by atoms with Crippen LogP contribution in [0.5, 0.6) is 5.75 Å². The summed E-state index contributed by atoms with van der Waals surface area (Å²) in [6.45, 7) is 3.93. The summed E-state index contributed by atoms with van der Waals surface area (Å²) in [5, 5.41) is 21.6. The number of thiophene rings is 1. The number of carbonyl (C=O) groups is 1. The molecule has 10 heteroatoms. The molecule has 0 aliphatic carbocycles. The smallest absolute Gasteiger partial charge is 0.227 e. The van der Waals surface area contributed by atoms with Crippen molar-refractivity contribution < 1.29 is 14.4 Å². The van der Waals surface area contributed by atoms with Gasteiger partial charge in [-0.2, -0.15) is 5.10 Å². The van der Waals surface area contributed by atoms with Crippen LogP contribution in [0.15, 0.2) is 70.4 Å². The predicted molar refractivity (Wildman–Crippen MR) is 160 cm³/mol. The van der Waals surface area contributed by atoms with E-state index in [1.807, 2.05) is 51.4 Å². The minimum Gasteiger partial charge on any atom is -0.508 e. The van der Waals surface area contributed by atoms with Gasteiger partial charge in [-0.25, -0.2) is 0 Å². The lowest BCUT2D eigenvalue weighted by atomic mass is 9.96. The molecule has 2 aromatic carbocycles. The third-order valence-electron chi connectivity index (χ3n) is 6.76. The van der Waals surface area contributed by atoms with Gasteiger partial charge in [-0.15, -0.1) is 11.3 Å². The average Bonchev–Trinajstić information content (AvgIpc) is 3.61. The number of phenolic OH excluding ortho intramolecular Hbond substituents is 1. The number of aromatic nitrogens is 3. The molecular formula is C31H24ClN5O3S. The lowest BCUT2D eigenvalue weighted by Gasteiger charge is -2.13. The second-order valence-corrected chi connectivity index (χ2v) is 11.2. The molecule has 0 unspecified atom stereocenters.